The molecule has 0 aliphatic heterocycles. The SMILES string of the molecule is C=C(C)C(=O)OCCCSc1ccc(C)c(C)c1SCCCOC(=O)C(=C)C. The van der Waals surface area contributed by atoms with Crippen molar-refractivity contribution in [1.82, 2.24) is 0 Å². The summed E-state index contributed by atoms with van der Waals surface area (Å²) in [5.41, 5.74) is 3.39. The van der Waals surface area contributed by atoms with Gasteiger partial charge in [0.25, 0.3) is 0 Å². The fourth-order valence-electron chi connectivity index (χ4n) is 2.11. The molecule has 0 atom stereocenters. The summed E-state index contributed by atoms with van der Waals surface area (Å²) in [6, 6.07) is 4.29. The molecule has 28 heavy (non-hydrogen) atoms. The molecule has 1 aromatic rings. The minimum atomic E-state index is -0.334. The zero-order valence-electron chi connectivity index (χ0n) is 17.3. The summed E-state index contributed by atoms with van der Waals surface area (Å²) in [7, 11) is 0. The summed E-state index contributed by atoms with van der Waals surface area (Å²) >= 11 is 3.56. The van der Waals surface area contributed by atoms with Crippen LogP contribution in [0, 0.1) is 13.8 Å². The van der Waals surface area contributed by atoms with E-state index in [1.807, 2.05) is 0 Å². The lowest BCUT2D eigenvalue weighted by Crippen LogP contribution is -2.07. The van der Waals surface area contributed by atoms with E-state index in [-0.39, 0.29) is 11.9 Å². The van der Waals surface area contributed by atoms with Gasteiger partial charge in [-0.3, -0.25) is 0 Å². The highest BCUT2D eigenvalue weighted by molar-refractivity contribution is 8.02. The molecule has 0 heterocycles. The first kappa shape index (κ1) is 24.4. The molecule has 0 bridgehead atoms. The molecule has 0 unspecified atom stereocenters. The van der Waals surface area contributed by atoms with Gasteiger partial charge < -0.3 is 9.47 Å². The van der Waals surface area contributed by atoms with Crippen molar-refractivity contribution in [3.63, 3.8) is 0 Å². The van der Waals surface area contributed by atoms with Gasteiger partial charge in [-0.25, -0.2) is 9.59 Å². The Kier molecular flexibility index (Phi) is 11.1. The number of carbonyl (C=O) groups is 2. The summed E-state index contributed by atoms with van der Waals surface area (Å²) in [6.07, 6.45) is 1.58. The second kappa shape index (κ2) is 12.7. The van der Waals surface area contributed by atoms with E-state index in [1.54, 1.807) is 37.4 Å². The van der Waals surface area contributed by atoms with Gasteiger partial charge in [0.1, 0.15) is 0 Å². The summed E-state index contributed by atoms with van der Waals surface area (Å²) in [4.78, 5) is 25.3. The summed E-state index contributed by atoms with van der Waals surface area (Å²) in [5.74, 6) is 1.08. The van der Waals surface area contributed by atoms with Crippen molar-refractivity contribution in [3.05, 3.63) is 47.6 Å². The molecular weight excluding hydrogens is 392 g/mol. The van der Waals surface area contributed by atoms with Crippen molar-refractivity contribution in [3.8, 4) is 0 Å². The highest BCUT2D eigenvalue weighted by Gasteiger charge is 2.10. The number of hydrogen-bond acceptors (Lipinski definition) is 6. The van der Waals surface area contributed by atoms with Crippen LogP contribution in [-0.4, -0.2) is 36.7 Å². The fourth-order valence-corrected chi connectivity index (χ4v) is 4.45. The van der Waals surface area contributed by atoms with Gasteiger partial charge in [-0.15, -0.1) is 23.5 Å². The number of carbonyl (C=O) groups excluding carboxylic acids is 2. The van der Waals surface area contributed by atoms with Gasteiger partial charge in [-0.2, -0.15) is 0 Å². The van der Waals surface area contributed by atoms with Crippen molar-refractivity contribution >= 4 is 35.5 Å². The maximum absolute atomic E-state index is 11.4. The Bertz CT molecular complexity index is 725. The molecule has 0 aliphatic carbocycles. The quantitative estimate of drug-likeness (QED) is 0.192. The molecule has 0 saturated carbocycles. The van der Waals surface area contributed by atoms with E-state index in [0.717, 1.165) is 24.3 Å². The second-order valence-corrected chi connectivity index (χ2v) is 8.81. The molecule has 0 N–H and O–H groups in total. The molecular formula is C22H30O4S2. The normalized spacial score (nSPS) is 10.4. The first-order valence-corrected chi connectivity index (χ1v) is 11.2. The summed E-state index contributed by atoms with van der Waals surface area (Å²) in [5, 5.41) is 0. The number of esters is 2. The van der Waals surface area contributed by atoms with Crippen LogP contribution in [0.4, 0.5) is 0 Å². The first-order chi connectivity index (χ1) is 13.2. The Hall–Kier alpha value is -1.66. The van der Waals surface area contributed by atoms with Crippen LogP contribution in [0.15, 0.2) is 46.2 Å². The number of benzene rings is 1. The van der Waals surface area contributed by atoms with Gasteiger partial charge in [0.2, 0.25) is 0 Å². The van der Waals surface area contributed by atoms with Crippen molar-refractivity contribution in [2.45, 2.75) is 50.3 Å². The Morgan fingerprint density at radius 1 is 0.893 bits per heavy atom. The molecule has 0 amide bonds. The van der Waals surface area contributed by atoms with Gasteiger partial charge in [0, 0.05) is 32.4 Å². The number of thioether (sulfide) groups is 2. The lowest BCUT2D eigenvalue weighted by Gasteiger charge is -2.14. The van der Waals surface area contributed by atoms with Crippen LogP contribution < -0.4 is 0 Å². The van der Waals surface area contributed by atoms with Crippen LogP contribution in [0.5, 0.6) is 0 Å². The Labute approximate surface area is 177 Å². The van der Waals surface area contributed by atoms with E-state index < -0.39 is 0 Å². The third-order valence-corrected chi connectivity index (χ3v) is 6.47. The Balaban J connectivity index is 2.50. The van der Waals surface area contributed by atoms with Gasteiger partial charge >= 0.3 is 11.9 Å². The predicted octanol–water partition coefficient (Wildman–Crippen LogP) is 5.51. The van der Waals surface area contributed by atoms with Crippen molar-refractivity contribution in [2.24, 2.45) is 0 Å². The Morgan fingerprint density at radius 2 is 1.39 bits per heavy atom. The zero-order chi connectivity index (χ0) is 21.1. The van der Waals surface area contributed by atoms with E-state index in [9.17, 15) is 9.59 Å². The van der Waals surface area contributed by atoms with Crippen molar-refractivity contribution in [2.75, 3.05) is 24.7 Å². The average molecular weight is 423 g/mol. The molecule has 1 aromatic carbocycles. The molecule has 0 aliphatic rings. The van der Waals surface area contributed by atoms with E-state index in [0.29, 0.717) is 24.4 Å². The maximum Gasteiger partial charge on any atom is 0.333 e. The van der Waals surface area contributed by atoms with E-state index >= 15 is 0 Å². The van der Waals surface area contributed by atoms with E-state index in [1.165, 1.54) is 20.9 Å². The van der Waals surface area contributed by atoms with Crippen molar-refractivity contribution < 1.29 is 19.1 Å². The smallest absolute Gasteiger partial charge is 0.333 e. The molecule has 6 heteroatoms. The predicted molar refractivity (Wildman–Crippen MR) is 118 cm³/mol. The van der Waals surface area contributed by atoms with Crippen molar-refractivity contribution in [1.29, 1.82) is 0 Å². The molecule has 0 saturated heterocycles. The largest absolute Gasteiger partial charge is 0.462 e. The zero-order valence-corrected chi connectivity index (χ0v) is 18.9. The van der Waals surface area contributed by atoms with Crippen LogP contribution in [-0.2, 0) is 19.1 Å². The maximum atomic E-state index is 11.4. The molecule has 0 radical (unpaired) electrons. The molecule has 1 rings (SSSR count). The topological polar surface area (TPSA) is 52.6 Å². The molecule has 154 valence electrons. The molecule has 0 aromatic heterocycles. The number of rotatable bonds is 12. The summed E-state index contributed by atoms with van der Waals surface area (Å²) < 4.78 is 10.3. The lowest BCUT2D eigenvalue weighted by molar-refractivity contribution is -0.139. The first-order valence-electron chi connectivity index (χ1n) is 9.25. The number of hydrogen-bond donors (Lipinski definition) is 0. The van der Waals surface area contributed by atoms with Crippen LogP contribution in [0.1, 0.15) is 37.8 Å². The summed E-state index contributed by atoms with van der Waals surface area (Å²) in [6.45, 7) is 15.5. The average Bonchev–Trinajstić information content (AvgIpc) is 2.64. The molecule has 0 spiro atoms. The minimum Gasteiger partial charge on any atom is -0.462 e. The monoisotopic (exact) mass is 422 g/mol. The third kappa shape index (κ3) is 8.57. The van der Waals surface area contributed by atoms with Gasteiger partial charge in [0.05, 0.1) is 13.2 Å². The Morgan fingerprint density at radius 3 is 1.89 bits per heavy atom. The highest BCUT2D eigenvalue weighted by atomic mass is 32.2. The van der Waals surface area contributed by atoms with E-state index in [4.69, 9.17) is 9.47 Å². The van der Waals surface area contributed by atoms with E-state index in [2.05, 4.69) is 39.1 Å². The van der Waals surface area contributed by atoms with Gasteiger partial charge in [0.15, 0.2) is 0 Å². The molecule has 0 fully saturated rings. The minimum absolute atomic E-state index is 0.333. The standard InChI is InChI=1S/C22H30O4S2/c1-15(2)21(23)25-11-7-13-27-19-10-9-17(5)18(6)20(19)28-14-8-12-26-22(24)16(3)4/h9-10H,1,3,7-8,11-14H2,2,4-6H3. The lowest BCUT2D eigenvalue weighted by atomic mass is 10.1. The van der Waals surface area contributed by atoms with Crippen LogP contribution >= 0.6 is 23.5 Å². The second-order valence-electron chi connectivity index (χ2n) is 6.57. The van der Waals surface area contributed by atoms with Crippen LogP contribution in [0.2, 0.25) is 0 Å². The number of ether oxygens (including phenoxy) is 2. The van der Waals surface area contributed by atoms with Gasteiger partial charge in [-0.05, 0) is 57.7 Å². The molecule has 4 nitrogen and oxygen atoms in total. The highest BCUT2D eigenvalue weighted by Crippen LogP contribution is 2.35. The third-order valence-electron chi connectivity index (χ3n) is 3.89. The van der Waals surface area contributed by atoms with Crippen LogP contribution in [0.25, 0.3) is 0 Å². The fraction of sp³-hybridized carbons (Fsp3) is 0.455. The number of aryl methyl sites for hydroxylation is 1. The van der Waals surface area contributed by atoms with Gasteiger partial charge in [-0.1, -0.05) is 19.2 Å². The van der Waals surface area contributed by atoms with Crippen LogP contribution in [0.3, 0.4) is 0 Å².